The molecule has 0 unspecified atom stereocenters. The summed E-state index contributed by atoms with van der Waals surface area (Å²) < 4.78 is 1.84. The van der Waals surface area contributed by atoms with Crippen molar-refractivity contribution in [2.75, 3.05) is 5.32 Å². The normalized spacial score (nSPS) is 10.3. The molecule has 0 spiro atoms. The molecular formula is C14H10Br2ClNO. The lowest BCUT2D eigenvalue weighted by atomic mass is 10.1. The molecule has 0 heterocycles. The van der Waals surface area contributed by atoms with Crippen LogP contribution in [0, 0.1) is 6.92 Å². The Labute approximate surface area is 133 Å². The minimum atomic E-state index is -0.185. The van der Waals surface area contributed by atoms with Crippen molar-refractivity contribution >= 4 is 55.1 Å². The number of aryl methyl sites for hydroxylation is 1. The van der Waals surface area contributed by atoms with Gasteiger partial charge < -0.3 is 5.32 Å². The summed E-state index contributed by atoms with van der Waals surface area (Å²) in [4.78, 5) is 12.1. The quantitative estimate of drug-likeness (QED) is 0.712. The van der Waals surface area contributed by atoms with Gasteiger partial charge in [-0.05, 0) is 48.9 Å². The van der Waals surface area contributed by atoms with Crippen LogP contribution in [-0.2, 0) is 0 Å². The van der Waals surface area contributed by atoms with Crippen molar-refractivity contribution in [1.82, 2.24) is 0 Å². The fraction of sp³-hybridized carbons (Fsp3) is 0.0714. The van der Waals surface area contributed by atoms with Crippen LogP contribution in [0.4, 0.5) is 5.69 Å². The molecule has 0 atom stereocenters. The molecule has 98 valence electrons. The highest BCUT2D eigenvalue weighted by Gasteiger charge is 2.10. The van der Waals surface area contributed by atoms with E-state index in [1.807, 2.05) is 25.1 Å². The molecule has 0 fully saturated rings. The molecule has 0 aliphatic rings. The Balaban J connectivity index is 2.25. The molecule has 19 heavy (non-hydrogen) atoms. The van der Waals surface area contributed by atoms with E-state index < -0.39 is 0 Å². The van der Waals surface area contributed by atoms with Crippen molar-refractivity contribution in [1.29, 1.82) is 0 Å². The first-order valence-electron chi connectivity index (χ1n) is 5.50. The zero-order chi connectivity index (χ0) is 14.0. The molecule has 0 radical (unpaired) electrons. The zero-order valence-corrected chi connectivity index (χ0v) is 13.9. The standard InChI is InChI=1S/C14H10Br2ClNO/c1-8-6-9(2-4-11(8)16)14(19)18-13-7-10(15)3-5-12(13)17/h2-7H,1H3,(H,18,19). The highest BCUT2D eigenvalue weighted by Crippen LogP contribution is 2.26. The van der Waals surface area contributed by atoms with E-state index in [-0.39, 0.29) is 5.91 Å². The number of nitrogens with one attached hydrogen (secondary N) is 1. The minimum Gasteiger partial charge on any atom is -0.321 e. The summed E-state index contributed by atoms with van der Waals surface area (Å²) in [7, 11) is 0. The van der Waals surface area contributed by atoms with E-state index in [9.17, 15) is 4.79 Å². The number of carbonyl (C=O) groups is 1. The van der Waals surface area contributed by atoms with Gasteiger partial charge >= 0.3 is 0 Å². The first kappa shape index (κ1) is 14.6. The smallest absolute Gasteiger partial charge is 0.255 e. The van der Waals surface area contributed by atoms with Gasteiger partial charge in [0.2, 0.25) is 0 Å². The van der Waals surface area contributed by atoms with Crippen molar-refractivity contribution in [2.24, 2.45) is 0 Å². The first-order valence-corrected chi connectivity index (χ1v) is 7.46. The Morgan fingerprint density at radius 1 is 1.16 bits per heavy atom. The van der Waals surface area contributed by atoms with Crippen LogP contribution < -0.4 is 5.32 Å². The number of halogens is 3. The van der Waals surface area contributed by atoms with Crippen molar-refractivity contribution < 1.29 is 4.79 Å². The molecule has 0 aliphatic heterocycles. The van der Waals surface area contributed by atoms with E-state index in [0.717, 1.165) is 14.5 Å². The van der Waals surface area contributed by atoms with Gasteiger partial charge in [-0.2, -0.15) is 0 Å². The van der Waals surface area contributed by atoms with Gasteiger partial charge in [-0.15, -0.1) is 0 Å². The predicted octanol–water partition coefficient (Wildman–Crippen LogP) is 5.43. The van der Waals surface area contributed by atoms with Gasteiger partial charge in [-0.3, -0.25) is 4.79 Å². The number of amides is 1. The average Bonchev–Trinajstić information content (AvgIpc) is 2.37. The maximum absolute atomic E-state index is 12.1. The third-order valence-electron chi connectivity index (χ3n) is 2.60. The highest BCUT2D eigenvalue weighted by atomic mass is 79.9. The third kappa shape index (κ3) is 3.59. The maximum Gasteiger partial charge on any atom is 0.255 e. The van der Waals surface area contributed by atoms with Crippen LogP contribution in [0.1, 0.15) is 15.9 Å². The summed E-state index contributed by atoms with van der Waals surface area (Å²) in [5.74, 6) is -0.185. The molecule has 0 aromatic heterocycles. The number of benzene rings is 2. The second kappa shape index (κ2) is 6.07. The Kier molecular flexibility index (Phi) is 4.66. The van der Waals surface area contributed by atoms with Crippen LogP contribution in [0.3, 0.4) is 0 Å². The Hall–Kier alpha value is -0.840. The largest absolute Gasteiger partial charge is 0.321 e. The number of rotatable bonds is 2. The zero-order valence-electron chi connectivity index (χ0n) is 10.0. The SMILES string of the molecule is Cc1cc(C(=O)Nc2cc(Br)ccc2Cl)ccc1Br. The molecule has 2 rings (SSSR count). The van der Waals surface area contributed by atoms with E-state index in [1.165, 1.54) is 0 Å². The topological polar surface area (TPSA) is 29.1 Å². The van der Waals surface area contributed by atoms with Crippen LogP contribution >= 0.6 is 43.5 Å². The summed E-state index contributed by atoms with van der Waals surface area (Å²) in [6.07, 6.45) is 0. The third-order valence-corrected chi connectivity index (χ3v) is 4.31. The lowest BCUT2D eigenvalue weighted by Gasteiger charge is -2.08. The van der Waals surface area contributed by atoms with Crippen molar-refractivity contribution in [3.63, 3.8) is 0 Å². The van der Waals surface area contributed by atoms with Gasteiger partial charge in [-0.1, -0.05) is 43.5 Å². The van der Waals surface area contributed by atoms with E-state index in [2.05, 4.69) is 37.2 Å². The molecule has 2 aromatic rings. The van der Waals surface area contributed by atoms with Crippen molar-refractivity contribution in [3.8, 4) is 0 Å². The molecule has 2 nitrogen and oxygen atoms in total. The molecule has 5 heteroatoms. The number of hydrogen-bond donors (Lipinski definition) is 1. The fourth-order valence-corrected chi connectivity index (χ4v) is 2.35. The lowest BCUT2D eigenvalue weighted by Crippen LogP contribution is -2.12. The highest BCUT2D eigenvalue weighted by molar-refractivity contribution is 9.10. The second-order valence-electron chi connectivity index (χ2n) is 4.04. The van der Waals surface area contributed by atoms with Crippen molar-refractivity contribution in [2.45, 2.75) is 6.92 Å². The lowest BCUT2D eigenvalue weighted by molar-refractivity contribution is 0.102. The second-order valence-corrected chi connectivity index (χ2v) is 6.22. The minimum absolute atomic E-state index is 0.185. The first-order chi connectivity index (χ1) is 8.97. The van der Waals surface area contributed by atoms with Gasteiger partial charge in [0.05, 0.1) is 10.7 Å². The van der Waals surface area contributed by atoms with Crippen LogP contribution in [0.5, 0.6) is 0 Å². The number of anilines is 1. The van der Waals surface area contributed by atoms with Gasteiger partial charge in [0.1, 0.15) is 0 Å². The van der Waals surface area contributed by atoms with E-state index in [0.29, 0.717) is 16.3 Å². The van der Waals surface area contributed by atoms with E-state index in [1.54, 1.807) is 18.2 Å². The molecule has 1 amide bonds. The predicted molar refractivity (Wildman–Crippen MR) is 86.0 cm³/mol. The van der Waals surface area contributed by atoms with Crippen LogP contribution in [-0.4, -0.2) is 5.91 Å². The summed E-state index contributed by atoms with van der Waals surface area (Å²) in [5.41, 5.74) is 2.19. The Morgan fingerprint density at radius 2 is 1.89 bits per heavy atom. The summed E-state index contributed by atoms with van der Waals surface area (Å²) in [6.45, 7) is 1.94. The molecule has 1 N–H and O–H groups in total. The number of hydrogen-bond acceptors (Lipinski definition) is 1. The monoisotopic (exact) mass is 401 g/mol. The van der Waals surface area contributed by atoms with E-state index in [4.69, 9.17) is 11.6 Å². The maximum atomic E-state index is 12.1. The van der Waals surface area contributed by atoms with E-state index >= 15 is 0 Å². The average molecular weight is 404 g/mol. The molecular weight excluding hydrogens is 393 g/mol. The fourth-order valence-electron chi connectivity index (χ4n) is 1.57. The molecule has 2 aromatic carbocycles. The molecule has 0 saturated carbocycles. The van der Waals surface area contributed by atoms with Crippen LogP contribution in [0.2, 0.25) is 5.02 Å². The van der Waals surface area contributed by atoms with Gasteiger partial charge in [0.25, 0.3) is 5.91 Å². The van der Waals surface area contributed by atoms with Gasteiger partial charge in [0, 0.05) is 14.5 Å². The van der Waals surface area contributed by atoms with Gasteiger partial charge in [0.15, 0.2) is 0 Å². The molecule has 0 bridgehead atoms. The summed E-state index contributed by atoms with van der Waals surface area (Å²) >= 11 is 12.8. The summed E-state index contributed by atoms with van der Waals surface area (Å²) in [6, 6.07) is 10.8. The van der Waals surface area contributed by atoms with Crippen LogP contribution in [0.25, 0.3) is 0 Å². The molecule has 0 aliphatic carbocycles. The molecule has 0 saturated heterocycles. The van der Waals surface area contributed by atoms with Gasteiger partial charge in [-0.25, -0.2) is 0 Å². The Morgan fingerprint density at radius 3 is 2.58 bits per heavy atom. The van der Waals surface area contributed by atoms with Crippen LogP contribution in [0.15, 0.2) is 45.3 Å². The summed E-state index contributed by atoms with van der Waals surface area (Å²) in [5, 5.41) is 3.30. The number of carbonyl (C=O) groups excluding carboxylic acids is 1. The van der Waals surface area contributed by atoms with Crippen molar-refractivity contribution in [3.05, 3.63) is 61.5 Å². The Bertz CT molecular complexity index is 643.